The third-order valence-electron chi connectivity index (χ3n) is 2.80. The summed E-state index contributed by atoms with van der Waals surface area (Å²) in [6.07, 6.45) is 1.55. The van der Waals surface area contributed by atoms with Crippen molar-refractivity contribution >= 4 is 17.4 Å². The van der Waals surface area contributed by atoms with Crippen LogP contribution in [0.15, 0.2) is 30.5 Å². The second-order valence-electron chi connectivity index (χ2n) is 4.41. The van der Waals surface area contributed by atoms with Crippen molar-refractivity contribution in [2.45, 2.75) is 19.9 Å². The number of halogens is 1. The first kappa shape index (κ1) is 13.6. The topological polar surface area (TPSA) is 44.1 Å². The van der Waals surface area contributed by atoms with E-state index in [4.69, 9.17) is 16.3 Å². The van der Waals surface area contributed by atoms with Crippen LogP contribution in [0.1, 0.15) is 35.9 Å². The van der Waals surface area contributed by atoms with Gasteiger partial charge < -0.3 is 4.74 Å². The summed E-state index contributed by atoms with van der Waals surface area (Å²) in [7, 11) is 1.52. The van der Waals surface area contributed by atoms with Gasteiger partial charge in [0.05, 0.1) is 18.3 Å². The summed E-state index contributed by atoms with van der Waals surface area (Å²) in [5, 5.41) is 4.61. The average molecular weight is 279 g/mol. The number of benzene rings is 1. The molecule has 1 aromatic heterocycles. The molecule has 2 rings (SSSR count). The van der Waals surface area contributed by atoms with E-state index in [-0.39, 0.29) is 11.8 Å². The summed E-state index contributed by atoms with van der Waals surface area (Å²) in [4.78, 5) is 12.6. The third-order valence-corrected chi connectivity index (χ3v) is 3.13. The molecule has 0 saturated heterocycles. The molecular formula is C14H15ClN2O2. The lowest BCUT2D eigenvalue weighted by molar-refractivity contribution is 0.102. The minimum absolute atomic E-state index is 0.0605. The molecule has 0 bridgehead atoms. The smallest absolute Gasteiger partial charge is 0.216 e. The summed E-state index contributed by atoms with van der Waals surface area (Å²) in [5.41, 5.74) is 0.871. The summed E-state index contributed by atoms with van der Waals surface area (Å²) < 4.78 is 6.85. The number of nitrogens with zero attached hydrogens (tertiary/aromatic N) is 2. The highest BCUT2D eigenvalue weighted by molar-refractivity contribution is 6.35. The van der Waals surface area contributed by atoms with Gasteiger partial charge in [0, 0.05) is 11.6 Å². The van der Waals surface area contributed by atoms with Crippen LogP contribution in [0.4, 0.5) is 0 Å². The van der Waals surface area contributed by atoms with E-state index in [9.17, 15) is 4.79 Å². The Morgan fingerprint density at radius 2 is 2.05 bits per heavy atom. The fourth-order valence-electron chi connectivity index (χ4n) is 1.88. The second kappa shape index (κ2) is 5.45. The molecule has 2 aromatic rings. The number of hydrogen-bond acceptors (Lipinski definition) is 3. The third kappa shape index (κ3) is 2.49. The van der Waals surface area contributed by atoms with Crippen LogP contribution < -0.4 is 4.74 Å². The molecule has 0 atom stereocenters. The largest absolute Gasteiger partial charge is 0.493 e. The summed E-state index contributed by atoms with van der Waals surface area (Å²) in [6, 6.07) is 7.02. The predicted molar refractivity (Wildman–Crippen MR) is 74.0 cm³/mol. The lowest BCUT2D eigenvalue weighted by Gasteiger charge is -2.11. The monoisotopic (exact) mass is 278 g/mol. The van der Waals surface area contributed by atoms with Crippen LogP contribution >= 0.6 is 11.6 Å². The first-order chi connectivity index (χ1) is 9.06. The minimum Gasteiger partial charge on any atom is -0.493 e. The summed E-state index contributed by atoms with van der Waals surface area (Å²) in [5.74, 6) is 0.271. The van der Waals surface area contributed by atoms with E-state index in [2.05, 4.69) is 5.10 Å². The van der Waals surface area contributed by atoms with Gasteiger partial charge in [0.2, 0.25) is 5.78 Å². The summed E-state index contributed by atoms with van der Waals surface area (Å²) >= 11 is 6.07. The second-order valence-corrected chi connectivity index (χ2v) is 4.82. The van der Waals surface area contributed by atoms with Crippen molar-refractivity contribution in [3.8, 4) is 5.75 Å². The van der Waals surface area contributed by atoms with Crippen LogP contribution in [-0.2, 0) is 0 Å². The molecule has 5 heteroatoms. The highest BCUT2D eigenvalue weighted by atomic mass is 35.5. The Kier molecular flexibility index (Phi) is 3.90. The molecule has 0 spiro atoms. The van der Waals surface area contributed by atoms with Crippen molar-refractivity contribution in [2.75, 3.05) is 7.11 Å². The molecule has 100 valence electrons. The van der Waals surface area contributed by atoms with Gasteiger partial charge >= 0.3 is 0 Å². The maximum atomic E-state index is 12.6. The molecule has 0 N–H and O–H groups in total. The fraction of sp³-hybridized carbons (Fsp3) is 0.286. The van der Waals surface area contributed by atoms with Crippen LogP contribution in [-0.4, -0.2) is 22.7 Å². The van der Waals surface area contributed by atoms with Crippen LogP contribution in [0.25, 0.3) is 0 Å². The van der Waals surface area contributed by atoms with Gasteiger partial charge in [-0.15, -0.1) is 0 Å². The highest BCUT2D eigenvalue weighted by Gasteiger charge is 2.23. The molecule has 0 aliphatic rings. The molecule has 0 amide bonds. The lowest BCUT2D eigenvalue weighted by atomic mass is 10.1. The standard InChI is InChI=1S/C14H15ClN2O2/c1-9(2)17-13(12(19-3)8-16-17)14(18)10-6-4-5-7-11(10)15/h4-9H,1-3H3. The van der Waals surface area contributed by atoms with Gasteiger partial charge in [-0.1, -0.05) is 23.7 Å². The number of methoxy groups -OCH3 is 1. The van der Waals surface area contributed by atoms with E-state index in [1.54, 1.807) is 35.1 Å². The normalized spacial score (nSPS) is 10.8. The molecular weight excluding hydrogens is 264 g/mol. The highest BCUT2D eigenvalue weighted by Crippen LogP contribution is 2.26. The van der Waals surface area contributed by atoms with Crippen molar-refractivity contribution in [1.82, 2.24) is 9.78 Å². The van der Waals surface area contributed by atoms with Gasteiger partial charge in [-0.2, -0.15) is 5.10 Å². The molecule has 1 aromatic carbocycles. The van der Waals surface area contributed by atoms with Crippen molar-refractivity contribution < 1.29 is 9.53 Å². The molecule has 0 unspecified atom stereocenters. The van der Waals surface area contributed by atoms with Gasteiger partial charge in [0.1, 0.15) is 0 Å². The van der Waals surface area contributed by atoms with Gasteiger partial charge in [-0.05, 0) is 26.0 Å². The average Bonchev–Trinajstić information content (AvgIpc) is 2.82. The molecule has 0 saturated carbocycles. The van der Waals surface area contributed by atoms with Gasteiger partial charge in [0.15, 0.2) is 11.4 Å². The van der Waals surface area contributed by atoms with Crippen LogP contribution in [0.3, 0.4) is 0 Å². The quantitative estimate of drug-likeness (QED) is 0.806. The first-order valence-corrected chi connectivity index (χ1v) is 6.34. The molecule has 19 heavy (non-hydrogen) atoms. The Balaban J connectivity index is 2.55. The van der Waals surface area contributed by atoms with E-state index in [1.165, 1.54) is 7.11 Å². The molecule has 1 heterocycles. The number of carbonyl (C=O) groups excluding carboxylic acids is 1. The number of ether oxygens (including phenoxy) is 1. The van der Waals surface area contributed by atoms with E-state index in [0.29, 0.717) is 22.0 Å². The zero-order chi connectivity index (χ0) is 14.0. The summed E-state index contributed by atoms with van der Waals surface area (Å²) in [6.45, 7) is 3.91. The van der Waals surface area contributed by atoms with E-state index in [1.807, 2.05) is 13.8 Å². The Morgan fingerprint density at radius 1 is 1.37 bits per heavy atom. The number of hydrogen-bond donors (Lipinski definition) is 0. The van der Waals surface area contributed by atoms with Crippen molar-refractivity contribution in [1.29, 1.82) is 0 Å². The van der Waals surface area contributed by atoms with Crippen LogP contribution in [0, 0.1) is 0 Å². The molecule has 0 aliphatic carbocycles. The van der Waals surface area contributed by atoms with Crippen molar-refractivity contribution in [3.63, 3.8) is 0 Å². The number of carbonyl (C=O) groups is 1. The molecule has 0 fully saturated rings. The van der Waals surface area contributed by atoms with Gasteiger partial charge in [-0.3, -0.25) is 9.48 Å². The minimum atomic E-state index is -0.186. The zero-order valence-corrected chi connectivity index (χ0v) is 11.8. The van der Waals surface area contributed by atoms with E-state index in [0.717, 1.165) is 0 Å². The Hall–Kier alpha value is -1.81. The number of rotatable bonds is 4. The number of aromatic nitrogens is 2. The Bertz CT molecular complexity index is 605. The van der Waals surface area contributed by atoms with Gasteiger partial charge in [0.25, 0.3) is 0 Å². The molecule has 4 nitrogen and oxygen atoms in total. The Morgan fingerprint density at radius 3 is 2.63 bits per heavy atom. The van der Waals surface area contributed by atoms with Crippen molar-refractivity contribution in [2.24, 2.45) is 0 Å². The van der Waals surface area contributed by atoms with Gasteiger partial charge in [-0.25, -0.2) is 0 Å². The van der Waals surface area contributed by atoms with E-state index >= 15 is 0 Å². The maximum absolute atomic E-state index is 12.6. The zero-order valence-electron chi connectivity index (χ0n) is 11.1. The van der Waals surface area contributed by atoms with E-state index < -0.39 is 0 Å². The number of ketones is 1. The maximum Gasteiger partial charge on any atom is 0.216 e. The first-order valence-electron chi connectivity index (χ1n) is 5.97. The lowest BCUT2D eigenvalue weighted by Crippen LogP contribution is -2.14. The van der Waals surface area contributed by atoms with Crippen LogP contribution in [0.2, 0.25) is 5.02 Å². The fourth-order valence-corrected chi connectivity index (χ4v) is 2.10. The SMILES string of the molecule is COc1cnn(C(C)C)c1C(=O)c1ccccc1Cl. The predicted octanol–water partition coefficient (Wildman–Crippen LogP) is 3.36. The Labute approximate surface area is 116 Å². The molecule has 0 aliphatic heterocycles. The van der Waals surface area contributed by atoms with Crippen molar-refractivity contribution in [3.05, 3.63) is 46.7 Å². The van der Waals surface area contributed by atoms with Crippen LogP contribution in [0.5, 0.6) is 5.75 Å². The molecule has 0 radical (unpaired) electrons.